The number of ether oxygens (including phenoxy) is 2. The number of carbonyl (C=O) groups is 2. The zero-order valence-electron chi connectivity index (χ0n) is 11.8. The number of methoxy groups -OCH3 is 1. The van der Waals surface area contributed by atoms with Gasteiger partial charge < -0.3 is 13.9 Å². The second kappa shape index (κ2) is 6.93. The molecule has 9 heteroatoms. The van der Waals surface area contributed by atoms with Crippen molar-refractivity contribution in [3.8, 4) is 0 Å². The van der Waals surface area contributed by atoms with Crippen LogP contribution < -0.4 is 0 Å². The van der Waals surface area contributed by atoms with E-state index in [-0.39, 0.29) is 34.2 Å². The number of nitrogens with zero attached hydrogens (tertiary/aromatic N) is 1. The van der Waals surface area contributed by atoms with Crippen molar-refractivity contribution in [1.82, 2.24) is 0 Å². The first-order valence-corrected chi connectivity index (χ1v) is 6.57. The summed E-state index contributed by atoms with van der Waals surface area (Å²) in [6.07, 6.45) is 1.26. The first kappa shape index (κ1) is 16.5. The number of carbonyl (C=O) groups excluding carboxylic acids is 2. The van der Waals surface area contributed by atoms with E-state index < -0.39 is 16.9 Å². The summed E-state index contributed by atoms with van der Waals surface area (Å²) < 4.78 is 14.6. The molecule has 1 heterocycles. The van der Waals surface area contributed by atoms with E-state index in [4.69, 9.17) is 20.8 Å². The number of nitro benzene ring substituents is 1. The van der Waals surface area contributed by atoms with Gasteiger partial charge in [-0.2, -0.15) is 0 Å². The fourth-order valence-electron chi connectivity index (χ4n) is 1.74. The van der Waals surface area contributed by atoms with Crippen LogP contribution in [0.2, 0.25) is 5.02 Å². The van der Waals surface area contributed by atoms with Crippen LogP contribution >= 0.6 is 11.6 Å². The Balaban J connectivity index is 2.10. The SMILES string of the molecule is COC(=O)c1ccoc1COC(=O)c1ccc([N+](=O)[O-])cc1Cl. The van der Waals surface area contributed by atoms with Crippen LogP contribution in [0.1, 0.15) is 26.5 Å². The molecule has 0 N–H and O–H groups in total. The highest BCUT2D eigenvalue weighted by Crippen LogP contribution is 2.23. The molecule has 0 saturated heterocycles. The second-order valence-electron chi connectivity index (χ2n) is 4.25. The zero-order valence-corrected chi connectivity index (χ0v) is 12.5. The molecule has 0 radical (unpaired) electrons. The smallest absolute Gasteiger partial charge is 0.341 e. The standard InChI is InChI=1S/C14H10ClNO7/c1-21-13(17)10-4-5-22-12(10)7-23-14(18)9-3-2-8(16(19)20)6-11(9)15/h2-6H,7H2,1H3. The molecule has 0 saturated carbocycles. The maximum atomic E-state index is 12.0. The number of halogens is 1. The fourth-order valence-corrected chi connectivity index (χ4v) is 1.99. The van der Waals surface area contributed by atoms with E-state index in [0.717, 1.165) is 12.1 Å². The van der Waals surface area contributed by atoms with Crippen molar-refractivity contribution < 1.29 is 28.4 Å². The number of esters is 2. The van der Waals surface area contributed by atoms with Gasteiger partial charge in [-0.3, -0.25) is 10.1 Å². The van der Waals surface area contributed by atoms with Crippen molar-refractivity contribution >= 4 is 29.2 Å². The van der Waals surface area contributed by atoms with Gasteiger partial charge in [0, 0.05) is 12.1 Å². The second-order valence-corrected chi connectivity index (χ2v) is 4.65. The van der Waals surface area contributed by atoms with Crippen LogP contribution in [-0.4, -0.2) is 24.0 Å². The van der Waals surface area contributed by atoms with Gasteiger partial charge in [0.05, 0.1) is 28.9 Å². The molecule has 0 amide bonds. The van der Waals surface area contributed by atoms with Crippen molar-refractivity contribution in [2.24, 2.45) is 0 Å². The number of hydrogen-bond acceptors (Lipinski definition) is 7. The Kier molecular flexibility index (Phi) is 4.97. The lowest BCUT2D eigenvalue weighted by atomic mass is 10.2. The molecule has 120 valence electrons. The highest BCUT2D eigenvalue weighted by molar-refractivity contribution is 6.33. The van der Waals surface area contributed by atoms with Gasteiger partial charge in [0.2, 0.25) is 0 Å². The number of non-ortho nitro benzene ring substituents is 1. The quantitative estimate of drug-likeness (QED) is 0.468. The Morgan fingerprint density at radius 1 is 1.26 bits per heavy atom. The zero-order chi connectivity index (χ0) is 17.0. The van der Waals surface area contributed by atoms with E-state index in [9.17, 15) is 19.7 Å². The van der Waals surface area contributed by atoms with E-state index in [1.807, 2.05) is 0 Å². The van der Waals surface area contributed by atoms with E-state index >= 15 is 0 Å². The van der Waals surface area contributed by atoms with Crippen LogP contribution in [-0.2, 0) is 16.1 Å². The molecule has 0 bridgehead atoms. The van der Waals surface area contributed by atoms with Crippen LogP contribution in [0.5, 0.6) is 0 Å². The summed E-state index contributed by atoms with van der Waals surface area (Å²) in [6, 6.07) is 4.75. The van der Waals surface area contributed by atoms with Gasteiger partial charge in [-0.05, 0) is 12.1 Å². The molecule has 2 aromatic rings. The van der Waals surface area contributed by atoms with E-state index in [2.05, 4.69) is 4.74 Å². The highest BCUT2D eigenvalue weighted by atomic mass is 35.5. The lowest BCUT2D eigenvalue weighted by Gasteiger charge is -2.06. The number of nitro groups is 1. The van der Waals surface area contributed by atoms with E-state index in [1.165, 1.54) is 25.5 Å². The lowest BCUT2D eigenvalue weighted by Crippen LogP contribution is -2.09. The van der Waals surface area contributed by atoms with Crippen molar-refractivity contribution in [1.29, 1.82) is 0 Å². The largest absolute Gasteiger partial charge is 0.465 e. The Labute approximate surface area is 134 Å². The minimum absolute atomic E-state index is 0.0385. The van der Waals surface area contributed by atoms with Crippen molar-refractivity contribution in [3.05, 3.63) is 62.6 Å². The molecule has 23 heavy (non-hydrogen) atoms. The Morgan fingerprint density at radius 2 is 2.00 bits per heavy atom. The van der Waals surface area contributed by atoms with Gasteiger partial charge in [0.1, 0.15) is 5.56 Å². The predicted molar refractivity (Wildman–Crippen MR) is 77.3 cm³/mol. The summed E-state index contributed by atoms with van der Waals surface area (Å²) in [5.74, 6) is -1.32. The van der Waals surface area contributed by atoms with Gasteiger partial charge in [-0.25, -0.2) is 9.59 Å². The van der Waals surface area contributed by atoms with Crippen LogP contribution in [0.4, 0.5) is 5.69 Å². The van der Waals surface area contributed by atoms with Gasteiger partial charge in [-0.1, -0.05) is 11.6 Å². The average molecular weight is 340 g/mol. The van der Waals surface area contributed by atoms with Gasteiger partial charge in [-0.15, -0.1) is 0 Å². The van der Waals surface area contributed by atoms with Crippen molar-refractivity contribution in [2.75, 3.05) is 7.11 Å². The summed E-state index contributed by atoms with van der Waals surface area (Å²) in [5.41, 5.74) is -0.149. The molecular weight excluding hydrogens is 330 g/mol. The summed E-state index contributed by atoms with van der Waals surface area (Å²) >= 11 is 5.83. The molecule has 0 fully saturated rings. The Bertz CT molecular complexity index is 768. The van der Waals surface area contributed by atoms with Gasteiger partial charge in [0.25, 0.3) is 5.69 Å². The first-order chi connectivity index (χ1) is 10.9. The third kappa shape index (κ3) is 3.67. The average Bonchev–Trinajstić information content (AvgIpc) is 3.00. The van der Waals surface area contributed by atoms with Crippen LogP contribution in [0.3, 0.4) is 0 Å². The molecule has 8 nitrogen and oxygen atoms in total. The molecule has 0 aliphatic rings. The molecule has 0 atom stereocenters. The normalized spacial score (nSPS) is 10.2. The summed E-state index contributed by atoms with van der Waals surface area (Å²) in [5, 5.41) is 10.5. The fraction of sp³-hybridized carbons (Fsp3) is 0.143. The number of furan rings is 1. The predicted octanol–water partition coefficient (Wildman–Crippen LogP) is 2.98. The highest BCUT2D eigenvalue weighted by Gasteiger charge is 2.19. The third-order valence-electron chi connectivity index (χ3n) is 2.87. The summed E-state index contributed by atoms with van der Waals surface area (Å²) in [7, 11) is 1.21. The minimum Gasteiger partial charge on any atom is -0.465 e. The molecule has 0 spiro atoms. The topological polar surface area (TPSA) is 109 Å². The van der Waals surface area contributed by atoms with E-state index in [0.29, 0.717) is 0 Å². The molecular formula is C14H10ClNO7. The van der Waals surface area contributed by atoms with Crippen LogP contribution in [0.25, 0.3) is 0 Å². The lowest BCUT2D eigenvalue weighted by molar-refractivity contribution is -0.384. The summed E-state index contributed by atoms with van der Waals surface area (Å²) in [4.78, 5) is 33.4. The Morgan fingerprint density at radius 3 is 2.61 bits per heavy atom. The molecule has 2 rings (SSSR count). The van der Waals surface area contributed by atoms with E-state index in [1.54, 1.807) is 0 Å². The Hall–Kier alpha value is -2.87. The van der Waals surface area contributed by atoms with Crippen molar-refractivity contribution in [3.63, 3.8) is 0 Å². The van der Waals surface area contributed by atoms with Gasteiger partial charge >= 0.3 is 11.9 Å². The molecule has 0 aliphatic heterocycles. The maximum Gasteiger partial charge on any atom is 0.341 e. The number of rotatable bonds is 5. The minimum atomic E-state index is -0.808. The molecule has 0 aliphatic carbocycles. The maximum absolute atomic E-state index is 12.0. The molecule has 0 unspecified atom stereocenters. The summed E-state index contributed by atoms with van der Waals surface area (Å²) in [6.45, 7) is -0.316. The third-order valence-corrected chi connectivity index (χ3v) is 3.18. The number of hydrogen-bond donors (Lipinski definition) is 0. The number of benzene rings is 1. The first-order valence-electron chi connectivity index (χ1n) is 6.19. The van der Waals surface area contributed by atoms with Crippen LogP contribution in [0, 0.1) is 10.1 Å². The molecule has 1 aromatic carbocycles. The van der Waals surface area contributed by atoms with Crippen molar-refractivity contribution in [2.45, 2.75) is 6.61 Å². The van der Waals surface area contributed by atoms with Gasteiger partial charge in [0.15, 0.2) is 12.4 Å². The van der Waals surface area contributed by atoms with Crippen LogP contribution in [0.15, 0.2) is 34.9 Å². The molecule has 1 aromatic heterocycles. The monoisotopic (exact) mass is 339 g/mol.